The van der Waals surface area contributed by atoms with Gasteiger partial charge in [0.1, 0.15) is 11.5 Å². The van der Waals surface area contributed by atoms with Gasteiger partial charge in [-0.3, -0.25) is 25.0 Å². The van der Waals surface area contributed by atoms with Crippen molar-refractivity contribution in [1.82, 2.24) is 0 Å². The predicted octanol–water partition coefficient (Wildman–Crippen LogP) is 3.79. The van der Waals surface area contributed by atoms with Gasteiger partial charge in [0.05, 0.1) is 9.85 Å². The standard InChI is InChI=1S/C17H10N2O6/c20-15-9-16(11-3-1-5-13(7-11)18(21)22)25-17(10-15)12-4-2-6-14(8-12)19(23)24/h1-10H. The van der Waals surface area contributed by atoms with Crippen molar-refractivity contribution < 1.29 is 14.3 Å². The smallest absolute Gasteiger partial charge is 0.270 e. The van der Waals surface area contributed by atoms with Gasteiger partial charge in [0.2, 0.25) is 0 Å². The van der Waals surface area contributed by atoms with Crippen LogP contribution in [-0.2, 0) is 0 Å². The summed E-state index contributed by atoms with van der Waals surface area (Å²) in [4.78, 5) is 32.6. The van der Waals surface area contributed by atoms with Gasteiger partial charge in [0, 0.05) is 47.5 Å². The molecule has 0 atom stereocenters. The molecule has 1 heterocycles. The molecule has 2 aromatic carbocycles. The van der Waals surface area contributed by atoms with Crippen molar-refractivity contribution in [2.45, 2.75) is 0 Å². The highest BCUT2D eigenvalue weighted by Gasteiger charge is 2.13. The zero-order valence-corrected chi connectivity index (χ0v) is 12.6. The van der Waals surface area contributed by atoms with Gasteiger partial charge in [-0.15, -0.1) is 0 Å². The van der Waals surface area contributed by atoms with Gasteiger partial charge in [-0.05, 0) is 0 Å². The van der Waals surface area contributed by atoms with E-state index in [4.69, 9.17) is 4.42 Å². The van der Waals surface area contributed by atoms with E-state index in [0.717, 1.165) is 0 Å². The van der Waals surface area contributed by atoms with E-state index in [9.17, 15) is 25.0 Å². The number of rotatable bonds is 4. The quantitative estimate of drug-likeness (QED) is 0.527. The van der Waals surface area contributed by atoms with Crippen molar-refractivity contribution in [2.75, 3.05) is 0 Å². The number of hydrogen-bond acceptors (Lipinski definition) is 6. The Morgan fingerprint density at radius 1 is 0.720 bits per heavy atom. The normalized spacial score (nSPS) is 10.4. The van der Waals surface area contributed by atoms with Crippen molar-refractivity contribution in [2.24, 2.45) is 0 Å². The van der Waals surface area contributed by atoms with Crippen LogP contribution in [0.25, 0.3) is 22.6 Å². The predicted molar refractivity (Wildman–Crippen MR) is 89.2 cm³/mol. The van der Waals surface area contributed by atoms with Gasteiger partial charge in [0.15, 0.2) is 5.43 Å². The number of non-ortho nitro benzene ring substituents is 2. The van der Waals surface area contributed by atoms with Crippen molar-refractivity contribution in [1.29, 1.82) is 0 Å². The minimum absolute atomic E-state index is 0.137. The third-order valence-electron chi connectivity index (χ3n) is 3.45. The highest BCUT2D eigenvalue weighted by atomic mass is 16.6. The summed E-state index contributed by atoms with van der Waals surface area (Å²) in [7, 11) is 0. The third kappa shape index (κ3) is 3.42. The van der Waals surface area contributed by atoms with Crippen LogP contribution >= 0.6 is 0 Å². The van der Waals surface area contributed by atoms with Crippen molar-refractivity contribution in [3.63, 3.8) is 0 Å². The van der Waals surface area contributed by atoms with Gasteiger partial charge in [-0.25, -0.2) is 0 Å². The fourth-order valence-electron chi connectivity index (χ4n) is 2.31. The molecule has 124 valence electrons. The molecule has 25 heavy (non-hydrogen) atoms. The molecule has 0 aliphatic carbocycles. The van der Waals surface area contributed by atoms with Gasteiger partial charge in [-0.2, -0.15) is 0 Å². The molecule has 0 N–H and O–H groups in total. The summed E-state index contributed by atoms with van der Waals surface area (Å²) in [6, 6.07) is 13.7. The van der Waals surface area contributed by atoms with E-state index in [1.54, 1.807) is 12.1 Å². The monoisotopic (exact) mass is 338 g/mol. The van der Waals surface area contributed by atoms with Crippen molar-refractivity contribution in [3.05, 3.63) is 91.1 Å². The molecular formula is C17H10N2O6. The lowest BCUT2D eigenvalue weighted by Crippen LogP contribution is -1.99. The average molecular weight is 338 g/mol. The van der Waals surface area contributed by atoms with E-state index >= 15 is 0 Å². The van der Waals surface area contributed by atoms with E-state index in [0.29, 0.717) is 11.1 Å². The number of nitrogens with zero attached hydrogens (tertiary/aromatic N) is 2. The second-order valence-electron chi connectivity index (χ2n) is 5.14. The molecule has 0 amide bonds. The van der Waals surface area contributed by atoms with Gasteiger partial charge in [0.25, 0.3) is 11.4 Å². The van der Waals surface area contributed by atoms with E-state index in [-0.39, 0.29) is 28.3 Å². The minimum atomic E-state index is -0.550. The molecule has 8 heteroatoms. The highest BCUT2D eigenvalue weighted by molar-refractivity contribution is 5.65. The molecule has 0 bridgehead atoms. The molecule has 0 spiro atoms. The Balaban J connectivity index is 2.12. The lowest BCUT2D eigenvalue weighted by Gasteiger charge is -2.05. The maximum absolute atomic E-state index is 12.0. The second kappa shape index (κ2) is 6.36. The van der Waals surface area contributed by atoms with Crippen LogP contribution in [0.5, 0.6) is 0 Å². The summed E-state index contributed by atoms with van der Waals surface area (Å²) >= 11 is 0. The third-order valence-corrected chi connectivity index (χ3v) is 3.45. The number of hydrogen-bond donors (Lipinski definition) is 0. The van der Waals surface area contributed by atoms with Gasteiger partial charge in [-0.1, -0.05) is 24.3 Å². The molecule has 0 unspecified atom stereocenters. The number of nitro benzene ring substituents is 2. The molecule has 0 fully saturated rings. The molecule has 3 rings (SSSR count). The number of nitro groups is 2. The largest absolute Gasteiger partial charge is 0.456 e. The molecule has 8 nitrogen and oxygen atoms in total. The molecule has 0 aliphatic rings. The van der Waals surface area contributed by atoms with Crippen LogP contribution in [0.4, 0.5) is 11.4 Å². The summed E-state index contributed by atoms with van der Waals surface area (Å²) < 4.78 is 5.65. The Hall–Kier alpha value is -3.81. The van der Waals surface area contributed by atoms with E-state index in [1.807, 2.05) is 0 Å². The molecule has 3 aromatic rings. The molecule has 1 aromatic heterocycles. The van der Waals surface area contributed by atoms with E-state index < -0.39 is 9.85 Å². The average Bonchev–Trinajstić information content (AvgIpc) is 2.61. The summed E-state index contributed by atoms with van der Waals surface area (Å²) in [5, 5.41) is 21.8. The fourth-order valence-corrected chi connectivity index (χ4v) is 2.31. The summed E-state index contributed by atoms with van der Waals surface area (Å²) in [6.45, 7) is 0. The second-order valence-corrected chi connectivity index (χ2v) is 5.14. The first-order chi connectivity index (χ1) is 11.9. The van der Waals surface area contributed by atoms with Crippen LogP contribution in [0.1, 0.15) is 0 Å². The van der Waals surface area contributed by atoms with Crippen LogP contribution in [0, 0.1) is 20.2 Å². The minimum Gasteiger partial charge on any atom is -0.456 e. The van der Waals surface area contributed by atoms with Crippen LogP contribution in [0.3, 0.4) is 0 Å². The fraction of sp³-hybridized carbons (Fsp3) is 0. The first-order valence-corrected chi connectivity index (χ1v) is 7.09. The highest BCUT2D eigenvalue weighted by Crippen LogP contribution is 2.28. The van der Waals surface area contributed by atoms with Gasteiger partial charge < -0.3 is 4.42 Å². The van der Waals surface area contributed by atoms with Crippen LogP contribution < -0.4 is 5.43 Å². The Morgan fingerprint density at radius 2 is 1.16 bits per heavy atom. The zero-order chi connectivity index (χ0) is 18.0. The molecule has 0 saturated heterocycles. The zero-order valence-electron chi connectivity index (χ0n) is 12.6. The lowest BCUT2D eigenvalue weighted by molar-refractivity contribution is -0.385. The van der Waals surface area contributed by atoms with Gasteiger partial charge >= 0.3 is 0 Å². The maximum atomic E-state index is 12.0. The first kappa shape index (κ1) is 16.1. The van der Waals surface area contributed by atoms with Crippen molar-refractivity contribution in [3.8, 4) is 22.6 Å². The summed E-state index contributed by atoms with van der Waals surface area (Å²) in [5.41, 5.74) is 0.0632. The molecule has 0 radical (unpaired) electrons. The molecule has 0 aliphatic heterocycles. The lowest BCUT2D eigenvalue weighted by atomic mass is 10.1. The molecular weight excluding hydrogens is 328 g/mol. The SMILES string of the molecule is O=c1cc(-c2cccc([N+](=O)[O-])c2)oc(-c2cccc([N+](=O)[O-])c2)c1. The Kier molecular flexibility index (Phi) is 4.09. The first-order valence-electron chi connectivity index (χ1n) is 7.09. The van der Waals surface area contributed by atoms with Crippen molar-refractivity contribution >= 4 is 11.4 Å². The Morgan fingerprint density at radius 3 is 1.56 bits per heavy atom. The Labute approximate surface area is 140 Å². The molecule has 0 saturated carbocycles. The van der Waals surface area contributed by atoms with E-state index in [1.165, 1.54) is 48.5 Å². The maximum Gasteiger partial charge on any atom is 0.270 e. The summed E-state index contributed by atoms with van der Waals surface area (Å²) in [5.74, 6) is 0.274. The van der Waals surface area contributed by atoms with E-state index in [2.05, 4.69) is 0 Å². The Bertz CT molecular complexity index is 962. The topological polar surface area (TPSA) is 116 Å². The van der Waals surface area contributed by atoms with Crippen LogP contribution in [0.15, 0.2) is 69.9 Å². The summed E-state index contributed by atoms with van der Waals surface area (Å²) in [6.07, 6.45) is 0. The van der Waals surface area contributed by atoms with Crippen LogP contribution in [-0.4, -0.2) is 9.85 Å². The number of benzene rings is 2. The van der Waals surface area contributed by atoms with Crippen LogP contribution in [0.2, 0.25) is 0 Å².